The van der Waals surface area contributed by atoms with Gasteiger partial charge in [0, 0.05) is 12.2 Å². The number of halogens is 1. The molecular formula is C19H20FN5. The van der Waals surface area contributed by atoms with Crippen molar-refractivity contribution >= 4 is 23.0 Å². The zero-order chi connectivity index (χ0) is 17.8. The Morgan fingerprint density at radius 3 is 2.44 bits per heavy atom. The second kappa shape index (κ2) is 7.17. The monoisotopic (exact) mass is 337 g/mol. The molecular weight excluding hydrogens is 317 g/mol. The average Bonchev–Trinajstić information content (AvgIpc) is 2.59. The molecule has 25 heavy (non-hydrogen) atoms. The molecule has 2 aromatic carbocycles. The molecule has 0 saturated heterocycles. The highest BCUT2D eigenvalue weighted by molar-refractivity contribution is 5.78. The van der Waals surface area contributed by atoms with Crippen LogP contribution in [0.2, 0.25) is 0 Å². The lowest BCUT2D eigenvalue weighted by Crippen LogP contribution is -2.08. The third-order valence-electron chi connectivity index (χ3n) is 3.89. The summed E-state index contributed by atoms with van der Waals surface area (Å²) in [6.45, 7) is 4.57. The molecule has 1 aromatic heterocycles. The lowest BCUT2D eigenvalue weighted by molar-refractivity contribution is 0.627. The van der Waals surface area contributed by atoms with Crippen LogP contribution >= 0.6 is 0 Å². The Labute approximate surface area is 146 Å². The fourth-order valence-corrected chi connectivity index (χ4v) is 2.51. The molecule has 3 rings (SSSR count). The number of anilines is 4. The van der Waals surface area contributed by atoms with Crippen molar-refractivity contribution in [3.63, 3.8) is 0 Å². The summed E-state index contributed by atoms with van der Waals surface area (Å²) < 4.78 is 13.0. The Balaban J connectivity index is 1.76. The SMILES string of the molecule is Cc1ccc(Nc2ncnc(NCc3ccc(F)cc3)c2N)c(C)c1. The molecule has 0 spiro atoms. The summed E-state index contributed by atoms with van der Waals surface area (Å²) in [5, 5.41) is 6.41. The number of nitrogens with zero attached hydrogens (tertiary/aromatic N) is 2. The maximum atomic E-state index is 13.0. The molecule has 1 heterocycles. The first-order chi connectivity index (χ1) is 12.0. The first-order valence-corrected chi connectivity index (χ1v) is 7.96. The molecule has 0 fully saturated rings. The normalized spacial score (nSPS) is 10.5. The van der Waals surface area contributed by atoms with Crippen molar-refractivity contribution in [2.45, 2.75) is 20.4 Å². The van der Waals surface area contributed by atoms with Gasteiger partial charge in [-0.2, -0.15) is 0 Å². The van der Waals surface area contributed by atoms with Crippen LogP contribution in [-0.2, 0) is 6.54 Å². The molecule has 0 saturated carbocycles. The molecule has 0 radical (unpaired) electrons. The van der Waals surface area contributed by atoms with Gasteiger partial charge in [0.2, 0.25) is 0 Å². The van der Waals surface area contributed by atoms with Gasteiger partial charge < -0.3 is 16.4 Å². The first-order valence-electron chi connectivity index (χ1n) is 7.96. The number of nitrogens with two attached hydrogens (primary N) is 1. The zero-order valence-electron chi connectivity index (χ0n) is 14.2. The maximum absolute atomic E-state index is 13.0. The topological polar surface area (TPSA) is 75.9 Å². The molecule has 0 amide bonds. The minimum absolute atomic E-state index is 0.259. The fraction of sp³-hybridized carbons (Fsp3) is 0.158. The summed E-state index contributed by atoms with van der Waals surface area (Å²) in [4.78, 5) is 8.42. The van der Waals surface area contributed by atoms with Crippen LogP contribution in [0.5, 0.6) is 0 Å². The summed E-state index contributed by atoms with van der Waals surface area (Å²) in [5.41, 5.74) is 10.8. The predicted octanol–water partition coefficient (Wildman–Crippen LogP) is 4.17. The average molecular weight is 337 g/mol. The molecule has 3 aromatic rings. The summed E-state index contributed by atoms with van der Waals surface area (Å²) in [5.74, 6) is 0.820. The number of benzene rings is 2. The molecule has 0 aliphatic carbocycles. The Kier molecular flexibility index (Phi) is 4.79. The van der Waals surface area contributed by atoms with Crippen molar-refractivity contribution in [3.8, 4) is 0 Å². The zero-order valence-corrected chi connectivity index (χ0v) is 14.2. The van der Waals surface area contributed by atoms with Crippen LogP contribution in [0.15, 0.2) is 48.8 Å². The van der Waals surface area contributed by atoms with E-state index in [-0.39, 0.29) is 5.82 Å². The molecule has 0 unspecified atom stereocenters. The van der Waals surface area contributed by atoms with Gasteiger partial charge in [-0.25, -0.2) is 14.4 Å². The van der Waals surface area contributed by atoms with Gasteiger partial charge in [-0.05, 0) is 43.2 Å². The number of hydrogen-bond donors (Lipinski definition) is 3. The largest absolute Gasteiger partial charge is 0.393 e. The Hall–Kier alpha value is -3.15. The second-order valence-electron chi connectivity index (χ2n) is 5.91. The molecule has 0 aliphatic rings. The van der Waals surface area contributed by atoms with E-state index in [1.807, 2.05) is 26.0 Å². The highest BCUT2D eigenvalue weighted by Gasteiger charge is 2.09. The Morgan fingerprint density at radius 1 is 1.00 bits per heavy atom. The van der Waals surface area contributed by atoms with Crippen molar-refractivity contribution in [2.24, 2.45) is 0 Å². The molecule has 5 nitrogen and oxygen atoms in total. The van der Waals surface area contributed by atoms with Crippen LogP contribution in [0.25, 0.3) is 0 Å². The summed E-state index contributed by atoms with van der Waals surface area (Å²) in [7, 11) is 0. The molecule has 4 N–H and O–H groups in total. The maximum Gasteiger partial charge on any atom is 0.159 e. The van der Waals surface area contributed by atoms with Crippen LogP contribution in [0.3, 0.4) is 0 Å². The molecule has 0 bridgehead atoms. The van der Waals surface area contributed by atoms with Crippen LogP contribution < -0.4 is 16.4 Å². The quantitative estimate of drug-likeness (QED) is 0.651. The van der Waals surface area contributed by atoms with E-state index >= 15 is 0 Å². The standard InChI is InChI=1S/C19H20FN5/c1-12-3-8-16(13(2)9-12)25-19-17(21)18(23-11-24-19)22-10-14-4-6-15(20)7-5-14/h3-9,11H,10,21H2,1-2H3,(H2,22,23,24,25). The van der Waals surface area contributed by atoms with Gasteiger partial charge in [0.1, 0.15) is 17.8 Å². The third-order valence-corrected chi connectivity index (χ3v) is 3.89. The van der Waals surface area contributed by atoms with E-state index in [1.165, 1.54) is 24.0 Å². The van der Waals surface area contributed by atoms with E-state index < -0.39 is 0 Å². The van der Waals surface area contributed by atoms with Crippen molar-refractivity contribution in [2.75, 3.05) is 16.4 Å². The van der Waals surface area contributed by atoms with Gasteiger partial charge in [-0.3, -0.25) is 0 Å². The number of aromatic nitrogens is 2. The number of nitrogens with one attached hydrogen (secondary N) is 2. The van der Waals surface area contributed by atoms with E-state index in [4.69, 9.17) is 5.73 Å². The van der Waals surface area contributed by atoms with Crippen molar-refractivity contribution < 1.29 is 4.39 Å². The van der Waals surface area contributed by atoms with Crippen molar-refractivity contribution in [1.29, 1.82) is 0 Å². The predicted molar refractivity (Wildman–Crippen MR) is 99.4 cm³/mol. The fourth-order valence-electron chi connectivity index (χ4n) is 2.51. The van der Waals surface area contributed by atoms with E-state index in [2.05, 4.69) is 26.7 Å². The first kappa shape index (κ1) is 16.7. The Bertz CT molecular complexity index is 877. The lowest BCUT2D eigenvalue weighted by Gasteiger charge is -2.14. The molecule has 0 aliphatic heterocycles. The molecule has 128 valence electrons. The number of aryl methyl sites for hydroxylation is 2. The highest BCUT2D eigenvalue weighted by atomic mass is 19.1. The van der Waals surface area contributed by atoms with E-state index in [0.29, 0.717) is 23.9 Å². The molecule has 0 atom stereocenters. The third kappa shape index (κ3) is 4.03. The smallest absolute Gasteiger partial charge is 0.159 e. The van der Waals surface area contributed by atoms with Gasteiger partial charge in [-0.15, -0.1) is 0 Å². The van der Waals surface area contributed by atoms with Crippen molar-refractivity contribution in [1.82, 2.24) is 9.97 Å². The highest BCUT2D eigenvalue weighted by Crippen LogP contribution is 2.27. The lowest BCUT2D eigenvalue weighted by atomic mass is 10.1. The van der Waals surface area contributed by atoms with Crippen LogP contribution in [-0.4, -0.2) is 9.97 Å². The van der Waals surface area contributed by atoms with Crippen LogP contribution in [0, 0.1) is 19.7 Å². The van der Waals surface area contributed by atoms with Gasteiger partial charge in [0.25, 0.3) is 0 Å². The second-order valence-corrected chi connectivity index (χ2v) is 5.91. The van der Waals surface area contributed by atoms with Gasteiger partial charge >= 0.3 is 0 Å². The number of rotatable bonds is 5. The molecule has 6 heteroatoms. The van der Waals surface area contributed by atoms with E-state index in [0.717, 1.165) is 16.8 Å². The van der Waals surface area contributed by atoms with Crippen molar-refractivity contribution in [3.05, 3.63) is 71.3 Å². The van der Waals surface area contributed by atoms with E-state index in [1.54, 1.807) is 12.1 Å². The Morgan fingerprint density at radius 2 is 1.72 bits per heavy atom. The van der Waals surface area contributed by atoms with Crippen LogP contribution in [0.1, 0.15) is 16.7 Å². The van der Waals surface area contributed by atoms with Gasteiger partial charge in [-0.1, -0.05) is 29.8 Å². The van der Waals surface area contributed by atoms with E-state index in [9.17, 15) is 4.39 Å². The number of nitrogen functional groups attached to an aromatic ring is 1. The summed E-state index contributed by atoms with van der Waals surface area (Å²) >= 11 is 0. The van der Waals surface area contributed by atoms with Gasteiger partial charge in [0.15, 0.2) is 11.6 Å². The summed E-state index contributed by atoms with van der Waals surface area (Å²) in [6.07, 6.45) is 1.45. The summed E-state index contributed by atoms with van der Waals surface area (Å²) in [6, 6.07) is 12.4. The van der Waals surface area contributed by atoms with Gasteiger partial charge in [0.05, 0.1) is 0 Å². The minimum Gasteiger partial charge on any atom is -0.393 e. The number of hydrogen-bond acceptors (Lipinski definition) is 5. The van der Waals surface area contributed by atoms with Crippen LogP contribution in [0.4, 0.5) is 27.4 Å². The minimum atomic E-state index is -0.259.